The van der Waals surface area contributed by atoms with Crippen molar-refractivity contribution in [3.63, 3.8) is 0 Å². The van der Waals surface area contributed by atoms with Gasteiger partial charge in [-0.1, -0.05) is 37.3 Å². The number of aromatic amines is 2. The van der Waals surface area contributed by atoms with Crippen LogP contribution in [0.25, 0.3) is 33.4 Å². The van der Waals surface area contributed by atoms with Crippen LogP contribution in [0.2, 0.25) is 0 Å². The molecule has 4 aromatic rings. The van der Waals surface area contributed by atoms with Gasteiger partial charge in [0.05, 0.1) is 28.8 Å². The fraction of sp³-hybridized carbons (Fsp3) is 0.452. The zero-order valence-corrected chi connectivity index (χ0v) is 23.3. The molecule has 2 aromatic carbocycles. The number of aromatic nitrogens is 4. The van der Waals surface area contributed by atoms with E-state index in [0.29, 0.717) is 12.6 Å². The van der Waals surface area contributed by atoms with Crippen molar-refractivity contribution in [3.05, 3.63) is 59.8 Å². The summed E-state index contributed by atoms with van der Waals surface area (Å²) >= 11 is 0. The molecule has 2 aliphatic rings. The van der Waals surface area contributed by atoms with Crippen molar-refractivity contribution in [2.24, 2.45) is 0 Å². The summed E-state index contributed by atoms with van der Waals surface area (Å²) in [6, 6.07) is 15.2. The summed E-state index contributed by atoms with van der Waals surface area (Å²) < 4.78 is 5.64. The number of likely N-dealkylation sites (tertiary alicyclic amines) is 1. The highest BCUT2D eigenvalue weighted by Crippen LogP contribution is 2.34. The largest absolute Gasteiger partial charge is 0.444 e. The van der Waals surface area contributed by atoms with E-state index in [1.165, 1.54) is 12.1 Å². The molecule has 4 heterocycles. The van der Waals surface area contributed by atoms with Crippen molar-refractivity contribution in [1.29, 1.82) is 0 Å². The van der Waals surface area contributed by atoms with Gasteiger partial charge < -0.3 is 20.0 Å². The Morgan fingerprint density at radius 3 is 2.46 bits per heavy atom. The summed E-state index contributed by atoms with van der Waals surface area (Å²) in [6.07, 6.45) is 4.78. The third-order valence-corrected chi connectivity index (χ3v) is 7.73. The summed E-state index contributed by atoms with van der Waals surface area (Å²) in [7, 11) is 0. The minimum Gasteiger partial charge on any atom is -0.444 e. The second-order valence-corrected chi connectivity index (χ2v) is 11.7. The Morgan fingerprint density at radius 2 is 1.74 bits per heavy atom. The van der Waals surface area contributed by atoms with Gasteiger partial charge in [0, 0.05) is 17.8 Å². The minimum atomic E-state index is -0.521. The first kappa shape index (κ1) is 25.6. The standard InChI is InChI=1S/C31H38N6O2/c1-5-22-27(36-28(33-22)24-8-6-16-32-24)20-12-10-19(11-13-20)21-14-15-23-25(18-21)35-29(34-23)26-9-7-17-37(26)30(38)39-31(2,3)4/h10-15,18,24,26,32H,5-9,16-17H2,1-4H3,(H,33,36)(H,34,35)/t24-,26-/m0/s1. The van der Waals surface area contributed by atoms with Gasteiger partial charge in [0.2, 0.25) is 0 Å². The van der Waals surface area contributed by atoms with Gasteiger partial charge in [-0.2, -0.15) is 0 Å². The molecule has 204 valence electrons. The van der Waals surface area contributed by atoms with Crippen LogP contribution in [0.5, 0.6) is 0 Å². The highest BCUT2D eigenvalue weighted by molar-refractivity contribution is 5.83. The molecular formula is C31H38N6O2. The Morgan fingerprint density at radius 1 is 0.974 bits per heavy atom. The smallest absolute Gasteiger partial charge is 0.410 e. The number of carbonyl (C=O) groups is 1. The molecule has 2 saturated heterocycles. The van der Waals surface area contributed by atoms with Gasteiger partial charge in [-0.3, -0.25) is 4.90 Å². The van der Waals surface area contributed by atoms with Gasteiger partial charge in [0.1, 0.15) is 17.2 Å². The SMILES string of the molecule is CCc1[nH]c([C@@H]2CCCN2)nc1-c1ccc(-c2ccc3nc([C@@H]4CCCN4C(=O)OC(C)(C)C)[nH]c3c2)cc1. The molecule has 3 N–H and O–H groups in total. The van der Waals surface area contributed by atoms with Crippen LogP contribution in [0.15, 0.2) is 42.5 Å². The van der Waals surface area contributed by atoms with E-state index < -0.39 is 5.60 Å². The number of carbonyl (C=O) groups excluding carboxylic acids is 1. The first-order valence-electron chi connectivity index (χ1n) is 14.2. The van der Waals surface area contributed by atoms with E-state index in [0.717, 1.165) is 77.3 Å². The van der Waals surface area contributed by atoms with Crippen LogP contribution in [0, 0.1) is 0 Å². The van der Waals surface area contributed by atoms with E-state index in [9.17, 15) is 4.79 Å². The Balaban J connectivity index is 1.23. The topological polar surface area (TPSA) is 98.9 Å². The number of benzene rings is 2. The van der Waals surface area contributed by atoms with E-state index in [2.05, 4.69) is 64.7 Å². The first-order valence-corrected chi connectivity index (χ1v) is 14.2. The van der Waals surface area contributed by atoms with Crippen LogP contribution in [0.4, 0.5) is 4.79 Å². The van der Waals surface area contributed by atoms with Crippen LogP contribution in [0.3, 0.4) is 0 Å². The zero-order valence-electron chi connectivity index (χ0n) is 23.3. The Kier molecular flexibility index (Phi) is 6.67. The summed E-state index contributed by atoms with van der Waals surface area (Å²) in [6.45, 7) is 9.60. The van der Waals surface area contributed by atoms with Crippen molar-refractivity contribution in [1.82, 2.24) is 30.2 Å². The number of fused-ring (bicyclic) bond motifs is 1. The molecular weight excluding hydrogens is 488 g/mol. The molecule has 0 bridgehead atoms. The molecule has 39 heavy (non-hydrogen) atoms. The predicted octanol–water partition coefficient (Wildman–Crippen LogP) is 6.68. The van der Waals surface area contributed by atoms with Crippen LogP contribution in [-0.2, 0) is 11.2 Å². The Hall–Kier alpha value is -3.65. The highest BCUT2D eigenvalue weighted by Gasteiger charge is 2.35. The molecule has 0 radical (unpaired) electrons. The number of hydrogen-bond acceptors (Lipinski definition) is 5. The minimum absolute atomic E-state index is 0.0964. The number of aryl methyl sites for hydroxylation is 1. The van der Waals surface area contributed by atoms with Crippen molar-refractivity contribution in [2.75, 3.05) is 13.1 Å². The predicted molar refractivity (Wildman–Crippen MR) is 153 cm³/mol. The number of hydrogen-bond donors (Lipinski definition) is 3. The van der Waals surface area contributed by atoms with Crippen molar-refractivity contribution < 1.29 is 9.53 Å². The molecule has 2 aromatic heterocycles. The third-order valence-electron chi connectivity index (χ3n) is 7.73. The fourth-order valence-electron chi connectivity index (χ4n) is 5.78. The van der Waals surface area contributed by atoms with Gasteiger partial charge in [-0.25, -0.2) is 14.8 Å². The number of nitrogens with one attached hydrogen (secondary N) is 3. The third kappa shape index (κ3) is 5.17. The molecule has 2 aliphatic heterocycles. The quantitative estimate of drug-likeness (QED) is 0.269. The zero-order chi connectivity index (χ0) is 27.1. The lowest BCUT2D eigenvalue weighted by atomic mass is 10.0. The maximum absolute atomic E-state index is 12.8. The fourth-order valence-corrected chi connectivity index (χ4v) is 5.78. The normalized spacial score (nSPS) is 19.7. The number of nitrogens with zero attached hydrogens (tertiary/aromatic N) is 3. The van der Waals surface area contributed by atoms with E-state index in [-0.39, 0.29) is 12.1 Å². The summed E-state index contributed by atoms with van der Waals surface area (Å²) in [5, 5.41) is 3.54. The lowest BCUT2D eigenvalue weighted by Gasteiger charge is -2.27. The highest BCUT2D eigenvalue weighted by atomic mass is 16.6. The average molecular weight is 527 g/mol. The van der Waals surface area contributed by atoms with Gasteiger partial charge >= 0.3 is 6.09 Å². The monoisotopic (exact) mass is 526 g/mol. The second-order valence-electron chi connectivity index (χ2n) is 11.7. The van der Waals surface area contributed by atoms with E-state index in [1.807, 2.05) is 20.8 Å². The van der Waals surface area contributed by atoms with E-state index >= 15 is 0 Å². The number of rotatable bonds is 5. The molecule has 8 nitrogen and oxygen atoms in total. The van der Waals surface area contributed by atoms with Crippen LogP contribution in [-0.4, -0.2) is 49.6 Å². The average Bonchev–Trinajstić information content (AvgIpc) is 3.72. The van der Waals surface area contributed by atoms with Gasteiger partial charge in [-0.15, -0.1) is 0 Å². The number of imidazole rings is 2. The van der Waals surface area contributed by atoms with Gasteiger partial charge in [0.25, 0.3) is 0 Å². The lowest BCUT2D eigenvalue weighted by molar-refractivity contribution is 0.0219. The summed E-state index contributed by atoms with van der Waals surface area (Å²) in [4.78, 5) is 31.5. The first-order chi connectivity index (χ1) is 18.8. The maximum Gasteiger partial charge on any atom is 0.410 e. The molecule has 2 fully saturated rings. The van der Waals surface area contributed by atoms with Crippen LogP contribution >= 0.6 is 0 Å². The summed E-state index contributed by atoms with van der Waals surface area (Å²) in [5.74, 6) is 1.87. The molecule has 6 rings (SSSR count). The maximum atomic E-state index is 12.8. The number of H-pyrrole nitrogens is 2. The Bertz CT molecular complexity index is 1470. The number of ether oxygens (including phenoxy) is 1. The summed E-state index contributed by atoms with van der Waals surface area (Å²) in [5.41, 5.74) is 6.97. The molecule has 0 saturated carbocycles. The van der Waals surface area contributed by atoms with E-state index in [4.69, 9.17) is 14.7 Å². The van der Waals surface area contributed by atoms with E-state index in [1.54, 1.807) is 4.90 Å². The molecule has 1 amide bonds. The molecule has 8 heteroatoms. The second kappa shape index (κ2) is 10.2. The van der Waals surface area contributed by atoms with Gasteiger partial charge in [-0.05, 0) is 82.7 Å². The molecule has 2 atom stereocenters. The molecule has 0 unspecified atom stereocenters. The molecule has 0 spiro atoms. The van der Waals surface area contributed by atoms with Gasteiger partial charge in [0.15, 0.2) is 0 Å². The van der Waals surface area contributed by atoms with Crippen molar-refractivity contribution in [2.45, 2.75) is 77.5 Å². The van der Waals surface area contributed by atoms with Crippen LogP contribution in [0.1, 0.15) is 82.8 Å². The molecule has 0 aliphatic carbocycles. The van der Waals surface area contributed by atoms with Crippen LogP contribution < -0.4 is 5.32 Å². The lowest BCUT2D eigenvalue weighted by Crippen LogP contribution is -2.36. The van der Waals surface area contributed by atoms with Crippen molar-refractivity contribution in [3.8, 4) is 22.4 Å². The number of amides is 1. The van der Waals surface area contributed by atoms with Crippen molar-refractivity contribution >= 4 is 17.1 Å². The Labute approximate surface area is 229 Å².